The van der Waals surface area contributed by atoms with Crippen molar-refractivity contribution < 1.29 is 9.53 Å². The Labute approximate surface area is 90.6 Å². The molecule has 0 radical (unpaired) electrons. The van der Waals surface area contributed by atoms with Crippen molar-refractivity contribution >= 4 is 6.29 Å². The third-order valence-electron chi connectivity index (χ3n) is 2.06. The van der Waals surface area contributed by atoms with Crippen LogP contribution in [0.1, 0.15) is 18.9 Å². The molecule has 0 saturated carbocycles. The number of hydrogen-bond donors (Lipinski definition) is 0. The van der Waals surface area contributed by atoms with E-state index in [-0.39, 0.29) is 0 Å². The highest BCUT2D eigenvalue weighted by Gasteiger charge is 1.95. The van der Waals surface area contributed by atoms with Crippen LogP contribution in [0.2, 0.25) is 0 Å². The summed E-state index contributed by atoms with van der Waals surface area (Å²) in [6, 6.07) is 9.68. The predicted octanol–water partition coefficient (Wildman–Crippen LogP) is 2.74. The van der Waals surface area contributed by atoms with Crippen molar-refractivity contribution in [3.8, 4) is 0 Å². The molecule has 0 aromatic heterocycles. The van der Waals surface area contributed by atoms with Crippen LogP contribution in [-0.4, -0.2) is 12.9 Å². The van der Waals surface area contributed by atoms with Gasteiger partial charge in [-0.2, -0.15) is 0 Å². The minimum absolute atomic E-state index is 0.529. The number of carbonyl (C=O) groups excluding carboxylic acids is 1. The monoisotopic (exact) mass is 204 g/mol. The first-order chi connectivity index (χ1) is 7.33. The van der Waals surface area contributed by atoms with Crippen LogP contribution in [0.25, 0.3) is 0 Å². The number of carbonyl (C=O) groups is 1. The quantitative estimate of drug-likeness (QED) is 0.692. The molecule has 0 fully saturated rings. The van der Waals surface area contributed by atoms with Crippen molar-refractivity contribution in [2.45, 2.75) is 19.8 Å². The van der Waals surface area contributed by atoms with Crippen molar-refractivity contribution in [3.05, 3.63) is 47.7 Å². The Morgan fingerprint density at radius 1 is 1.33 bits per heavy atom. The summed E-state index contributed by atoms with van der Waals surface area (Å²) >= 11 is 0. The molecule has 1 aliphatic rings. The van der Waals surface area contributed by atoms with Crippen LogP contribution in [0, 0.1) is 0 Å². The fraction of sp³-hybridized carbons (Fsp3) is 0.308. The van der Waals surface area contributed by atoms with Crippen LogP contribution in [-0.2, 0) is 16.0 Å². The maximum atomic E-state index is 9.97. The van der Waals surface area contributed by atoms with Gasteiger partial charge < -0.3 is 9.53 Å². The molecular formula is C13H16O2. The van der Waals surface area contributed by atoms with Gasteiger partial charge in [-0.15, -0.1) is 0 Å². The van der Waals surface area contributed by atoms with Gasteiger partial charge in [0.2, 0.25) is 0 Å². The maximum absolute atomic E-state index is 9.97. The standard InChI is InChI=1S/C8H8O.C5H8O/c9-7-6-8-4-2-1-3-5-8;1-5-2-3-6-4-5/h1-5,7H,6H2;4H,2-3H2,1H3. The zero-order valence-electron chi connectivity index (χ0n) is 8.98. The van der Waals surface area contributed by atoms with Crippen molar-refractivity contribution in [3.63, 3.8) is 0 Å². The number of rotatable bonds is 2. The van der Waals surface area contributed by atoms with Gasteiger partial charge in [0.1, 0.15) is 6.29 Å². The highest BCUT2D eigenvalue weighted by atomic mass is 16.5. The van der Waals surface area contributed by atoms with E-state index in [2.05, 4.69) is 6.92 Å². The average Bonchev–Trinajstić information content (AvgIpc) is 2.72. The number of benzene rings is 1. The van der Waals surface area contributed by atoms with Crippen LogP contribution in [0.4, 0.5) is 0 Å². The SMILES string of the molecule is CC1=COCC1.O=CCc1ccccc1. The van der Waals surface area contributed by atoms with Gasteiger partial charge in [-0.05, 0) is 18.1 Å². The number of ether oxygens (including phenoxy) is 1. The van der Waals surface area contributed by atoms with E-state index in [0.717, 1.165) is 24.9 Å². The Morgan fingerprint density at radius 2 is 2.07 bits per heavy atom. The molecule has 2 heteroatoms. The molecule has 0 unspecified atom stereocenters. The molecule has 1 aliphatic heterocycles. The Balaban J connectivity index is 0.000000162. The minimum atomic E-state index is 0.529. The highest BCUT2D eigenvalue weighted by molar-refractivity contribution is 5.54. The predicted molar refractivity (Wildman–Crippen MR) is 60.5 cm³/mol. The van der Waals surface area contributed by atoms with Gasteiger partial charge in [0.05, 0.1) is 12.9 Å². The second-order valence-corrected chi connectivity index (χ2v) is 3.44. The Kier molecular flexibility index (Phi) is 5.23. The molecule has 0 atom stereocenters. The fourth-order valence-electron chi connectivity index (χ4n) is 1.19. The van der Waals surface area contributed by atoms with Gasteiger partial charge in [0, 0.05) is 12.8 Å². The third kappa shape index (κ3) is 5.01. The summed E-state index contributed by atoms with van der Waals surface area (Å²) < 4.78 is 4.89. The number of hydrogen-bond acceptors (Lipinski definition) is 2. The molecule has 0 saturated heterocycles. The molecular weight excluding hydrogens is 188 g/mol. The van der Waals surface area contributed by atoms with Crippen molar-refractivity contribution in [1.82, 2.24) is 0 Å². The van der Waals surface area contributed by atoms with Crippen molar-refractivity contribution in [1.29, 1.82) is 0 Å². The van der Waals surface area contributed by atoms with E-state index < -0.39 is 0 Å². The highest BCUT2D eigenvalue weighted by Crippen LogP contribution is 2.06. The van der Waals surface area contributed by atoms with Crippen LogP contribution >= 0.6 is 0 Å². The second-order valence-electron chi connectivity index (χ2n) is 3.44. The van der Waals surface area contributed by atoms with Crippen LogP contribution in [0.3, 0.4) is 0 Å². The maximum Gasteiger partial charge on any atom is 0.124 e. The zero-order valence-corrected chi connectivity index (χ0v) is 8.98. The molecule has 1 aromatic carbocycles. The average molecular weight is 204 g/mol. The van der Waals surface area contributed by atoms with Crippen LogP contribution in [0.5, 0.6) is 0 Å². The van der Waals surface area contributed by atoms with Crippen LogP contribution in [0.15, 0.2) is 42.2 Å². The Bertz CT molecular complexity index is 315. The smallest absolute Gasteiger partial charge is 0.124 e. The fourth-order valence-corrected chi connectivity index (χ4v) is 1.19. The van der Waals surface area contributed by atoms with Gasteiger partial charge in [-0.1, -0.05) is 30.3 Å². The first kappa shape index (κ1) is 11.5. The molecule has 15 heavy (non-hydrogen) atoms. The van der Waals surface area contributed by atoms with E-state index in [1.54, 1.807) is 0 Å². The van der Waals surface area contributed by atoms with Crippen molar-refractivity contribution in [2.24, 2.45) is 0 Å². The Hall–Kier alpha value is -1.57. The first-order valence-corrected chi connectivity index (χ1v) is 5.07. The van der Waals surface area contributed by atoms with E-state index in [9.17, 15) is 4.79 Å². The zero-order chi connectivity index (χ0) is 10.9. The molecule has 2 rings (SSSR count). The summed E-state index contributed by atoms with van der Waals surface area (Å²) in [7, 11) is 0. The van der Waals surface area contributed by atoms with Gasteiger partial charge in [-0.3, -0.25) is 0 Å². The molecule has 0 bridgehead atoms. The van der Waals surface area contributed by atoms with E-state index in [0.29, 0.717) is 6.42 Å². The lowest BCUT2D eigenvalue weighted by molar-refractivity contribution is -0.107. The molecule has 0 amide bonds. The van der Waals surface area contributed by atoms with E-state index in [1.807, 2.05) is 36.6 Å². The number of aldehydes is 1. The largest absolute Gasteiger partial charge is 0.501 e. The topological polar surface area (TPSA) is 26.3 Å². The molecule has 80 valence electrons. The summed E-state index contributed by atoms with van der Waals surface area (Å²) in [6.45, 7) is 2.97. The molecule has 1 heterocycles. The summed E-state index contributed by atoms with van der Waals surface area (Å²) in [6.07, 6.45) is 4.39. The van der Waals surface area contributed by atoms with Gasteiger partial charge in [0.15, 0.2) is 0 Å². The van der Waals surface area contributed by atoms with E-state index in [1.165, 1.54) is 5.57 Å². The molecule has 2 nitrogen and oxygen atoms in total. The first-order valence-electron chi connectivity index (χ1n) is 5.07. The lowest BCUT2D eigenvalue weighted by atomic mass is 10.2. The van der Waals surface area contributed by atoms with Gasteiger partial charge >= 0.3 is 0 Å². The second kappa shape index (κ2) is 6.82. The summed E-state index contributed by atoms with van der Waals surface area (Å²) in [5.41, 5.74) is 2.43. The summed E-state index contributed by atoms with van der Waals surface area (Å²) in [5.74, 6) is 0. The van der Waals surface area contributed by atoms with Crippen molar-refractivity contribution in [2.75, 3.05) is 6.61 Å². The van der Waals surface area contributed by atoms with Gasteiger partial charge in [0.25, 0.3) is 0 Å². The molecule has 0 aliphatic carbocycles. The summed E-state index contributed by atoms with van der Waals surface area (Å²) in [4.78, 5) is 9.97. The normalized spacial score (nSPS) is 13.3. The molecule has 0 spiro atoms. The molecule has 1 aromatic rings. The van der Waals surface area contributed by atoms with E-state index in [4.69, 9.17) is 4.74 Å². The molecule has 0 N–H and O–H groups in total. The third-order valence-corrected chi connectivity index (χ3v) is 2.06. The minimum Gasteiger partial charge on any atom is -0.501 e. The lowest BCUT2D eigenvalue weighted by Gasteiger charge is -1.89. The summed E-state index contributed by atoms with van der Waals surface area (Å²) in [5, 5.41) is 0. The van der Waals surface area contributed by atoms with Crippen LogP contribution < -0.4 is 0 Å². The van der Waals surface area contributed by atoms with Gasteiger partial charge in [-0.25, -0.2) is 0 Å². The Morgan fingerprint density at radius 3 is 2.47 bits per heavy atom. The lowest BCUT2D eigenvalue weighted by Crippen LogP contribution is -1.82. The van der Waals surface area contributed by atoms with E-state index >= 15 is 0 Å².